The van der Waals surface area contributed by atoms with Crippen molar-refractivity contribution in [3.8, 4) is 5.75 Å². The molecule has 0 fully saturated rings. The van der Waals surface area contributed by atoms with E-state index >= 15 is 0 Å². The van der Waals surface area contributed by atoms with Gasteiger partial charge in [0.25, 0.3) is 5.91 Å². The van der Waals surface area contributed by atoms with Crippen LogP contribution in [-0.4, -0.2) is 23.7 Å². The fraction of sp³-hybridized carbons (Fsp3) is 0.308. The monoisotopic (exact) mass is 262 g/mol. The van der Waals surface area contributed by atoms with Crippen LogP contribution in [-0.2, 0) is 14.4 Å². The van der Waals surface area contributed by atoms with Gasteiger partial charge in [-0.15, -0.1) is 0 Å². The molecule has 19 heavy (non-hydrogen) atoms. The Bertz CT molecular complexity index is 554. The predicted octanol–water partition coefficient (Wildman–Crippen LogP) is 1.32. The van der Waals surface area contributed by atoms with Gasteiger partial charge < -0.3 is 15.4 Å². The first kappa shape index (κ1) is 13.1. The zero-order valence-corrected chi connectivity index (χ0v) is 10.6. The number of nitrogens with one attached hydrogen (secondary N) is 2. The normalized spacial score (nSPS) is 16.9. The van der Waals surface area contributed by atoms with Gasteiger partial charge >= 0.3 is 0 Å². The fourth-order valence-corrected chi connectivity index (χ4v) is 1.72. The number of benzene rings is 1. The van der Waals surface area contributed by atoms with Crippen LogP contribution in [0.1, 0.15) is 20.3 Å². The van der Waals surface area contributed by atoms with E-state index in [9.17, 15) is 14.4 Å². The molecule has 0 saturated heterocycles. The molecule has 1 atom stereocenters. The predicted molar refractivity (Wildman–Crippen MR) is 69.1 cm³/mol. The van der Waals surface area contributed by atoms with Crippen molar-refractivity contribution in [2.45, 2.75) is 26.4 Å². The van der Waals surface area contributed by atoms with Crippen LogP contribution in [0.5, 0.6) is 5.75 Å². The molecule has 0 radical (unpaired) electrons. The van der Waals surface area contributed by atoms with E-state index in [1.54, 1.807) is 25.1 Å². The van der Waals surface area contributed by atoms with Gasteiger partial charge in [0.1, 0.15) is 11.5 Å². The Morgan fingerprint density at radius 1 is 1.42 bits per heavy atom. The number of amides is 2. The number of fused-ring (bicyclic) bond motifs is 1. The highest BCUT2D eigenvalue weighted by molar-refractivity contribution is 6.04. The van der Waals surface area contributed by atoms with Crippen LogP contribution in [0.2, 0.25) is 0 Å². The van der Waals surface area contributed by atoms with Gasteiger partial charge in [0.2, 0.25) is 5.91 Å². The first-order valence-corrected chi connectivity index (χ1v) is 5.86. The molecule has 6 heteroatoms. The maximum Gasteiger partial charge on any atom is 0.265 e. The molecular weight excluding hydrogens is 248 g/mol. The van der Waals surface area contributed by atoms with Gasteiger partial charge in [-0.1, -0.05) is 0 Å². The summed E-state index contributed by atoms with van der Waals surface area (Å²) in [5.74, 6) is -0.277. The highest BCUT2D eigenvalue weighted by atomic mass is 16.5. The van der Waals surface area contributed by atoms with Crippen molar-refractivity contribution in [2.75, 3.05) is 10.6 Å². The number of ketones is 1. The number of Topliss-reactive ketones (excluding diaryl/α,β-unsaturated/α-hetero) is 1. The average Bonchev–Trinajstić information content (AvgIpc) is 2.30. The molecular formula is C13H14N2O4. The van der Waals surface area contributed by atoms with Crippen LogP contribution in [0.3, 0.4) is 0 Å². The second-order valence-electron chi connectivity index (χ2n) is 4.39. The fourth-order valence-electron chi connectivity index (χ4n) is 1.72. The van der Waals surface area contributed by atoms with Crippen LogP contribution < -0.4 is 15.4 Å². The second kappa shape index (κ2) is 5.09. The smallest absolute Gasteiger partial charge is 0.265 e. The van der Waals surface area contributed by atoms with Gasteiger partial charge in [0, 0.05) is 5.69 Å². The minimum Gasteiger partial charge on any atom is -0.479 e. The molecule has 1 unspecified atom stereocenters. The standard InChI is InChI=1S/C13H14N2O4/c1-7(16)5-12(17)14-9-3-4-11-10(6-9)15-13(18)8(2)19-11/h3-4,6,8H,5H2,1-2H3,(H,14,17)(H,15,18). The lowest BCUT2D eigenvalue weighted by atomic mass is 10.2. The highest BCUT2D eigenvalue weighted by Gasteiger charge is 2.23. The van der Waals surface area contributed by atoms with Gasteiger partial charge in [0.05, 0.1) is 12.1 Å². The topological polar surface area (TPSA) is 84.5 Å². The number of hydrogen-bond donors (Lipinski definition) is 2. The van der Waals surface area contributed by atoms with Gasteiger partial charge in [0.15, 0.2) is 6.10 Å². The summed E-state index contributed by atoms with van der Waals surface area (Å²) in [7, 11) is 0. The lowest BCUT2D eigenvalue weighted by Crippen LogP contribution is -2.34. The number of hydrogen-bond acceptors (Lipinski definition) is 4. The van der Waals surface area contributed by atoms with Crippen LogP contribution in [0.4, 0.5) is 11.4 Å². The molecule has 1 aliphatic rings. The number of carbonyl (C=O) groups is 3. The van der Waals surface area contributed by atoms with Crippen LogP contribution >= 0.6 is 0 Å². The summed E-state index contributed by atoms with van der Waals surface area (Å²) in [5, 5.41) is 5.26. The molecule has 1 aliphatic heterocycles. The minimum atomic E-state index is -0.536. The van der Waals surface area contributed by atoms with Crippen molar-refractivity contribution in [2.24, 2.45) is 0 Å². The van der Waals surface area contributed by atoms with E-state index in [-0.39, 0.29) is 24.0 Å². The third kappa shape index (κ3) is 3.09. The summed E-state index contributed by atoms with van der Waals surface area (Å²) in [6, 6.07) is 4.91. The lowest BCUT2D eigenvalue weighted by Gasteiger charge is -2.23. The van der Waals surface area contributed by atoms with E-state index < -0.39 is 6.10 Å². The zero-order chi connectivity index (χ0) is 14.0. The third-order valence-electron chi connectivity index (χ3n) is 2.60. The van der Waals surface area contributed by atoms with Crippen LogP contribution in [0.25, 0.3) is 0 Å². The van der Waals surface area contributed by atoms with E-state index in [0.717, 1.165) is 0 Å². The van der Waals surface area contributed by atoms with Crippen molar-refractivity contribution in [3.63, 3.8) is 0 Å². The molecule has 2 N–H and O–H groups in total. The summed E-state index contributed by atoms with van der Waals surface area (Å²) >= 11 is 0. The van der Waals surface area contributed by atoms with Gasteiger partial charge in [-0.3, -0.25) is 14.4 Å². The van der Waals surface area contributed by atoms with Crippen molar-refractivity contribution in [3.05, 3.63) is 18.2 Å². The quantitative estimate of drug-likeness (QED) is 0.805. The molecule has 1 aromatic rings. The summed E-state index contributed by atoms with van der Waals surface area (Å²) in [4.78, 5) is 33.7. The minimum absolute atomic E-state index is 0.170. The van der Waals surface area contributed by atoms with E-state index in [4.69, 9.17) is 4.74 Å². The van der Waals surface area contributed by atoms with E-state index in [1.807, 2.05) is 0 Å². The van der Waals surface area contributed by atoms with Crippen LogP contribution in [0.15, 0.2) is 18.2 Å². The summed E-state index contributed by atoms with van der Waals surface area (Å²) in [5.41, 5.74) is 1.01. The van der Waals surface area contributed by atoms with Gasteiger partial charge in [-0.2, -0.15) is 0 Å². The van der Waals surface area contributed by atoms with E-state index in [2.05, 4.69) is 10.6 Å². The van der Waals surface area contributed by atoms with Crippen molar-refractivity contribution in [1.82, 2.24) is 0 Å². The van der Waals surface area contributed by atoms with Crippen molar-refractivity contribution < 1.29 is 19.1 Å². The molecule has 0 bridgehead atoms. The van der Waals surface area contributed by atoms with Gasteiger partial charge in [-0.25, -0.2) is 0 Å². The molecule has 0 saturated carbocycles. The molecule has 2 rings (SSSR count). The molecule has 100 valence electrons. The average molecular weight is 262 g/mol. The van der Waals surface area contributed by atoms with Gasteiger partial charge in [-0.05, 0) is 32.0 Å². The largest absolute Gasteiger partial charge is 0.479 e. The summed E-state index contributed by atoms with van der Waals surface area (Å²) in [6.07, 6.45) is -0.706. The Morgan fingerprint density at radius 3 is 2.84 bits per heavy atom. The second-order valence-corrected chi connectivity index (χ2v) is 4.39. The number of ether oxygens (including phenoxy) is 1. The first-order chi connectivity index (χ1) is 8.95. The lowest BCUT2D eigenvalue weighted by molar-refractivity contribution is -0.124. The Hall–Kier alpha value is -2.37. The number of rotatable bonds is 3. The highest BCUT2D eigenvalue weighted by Crippen LogP contribution is 2.32. The SMILES string of the molecule is CC(=O)CC(=O)Nc1ccc2c(c1)NC(=O)C(C)O2. The summed E-state index contributed by atoms with van der Waals surface area (Å²) < 4.78 is 5.39. The van der Waals surface area contributed by atoms with E-state index in [1.165, 1.54) is 6.92 Å². The van der Waals surface area contributed by atoms with E-state index in [0.29, 0.717) is 17.1 Å². The third-order valence-corrected chi connectivity index (χ3v) is 2.60. The molecule has 0 aliphatic carbocycles. The van der Waals surface area contributed by atoms with Crippen molar-refractivity contribution >= 4 is 29.0 Å². The molecule has 2 amide bonds. The Balaban J connectivity index is 2.13. The number of carbonyl (C=O) groups excluding carboxylic acids is 3. The first-order valence-electron chi connectivity index (χ1n) is 5.86. The Labute approximate surface area is 110 Å². The Kier molecular flexibility index (Phi) is 3.50. The Morgan fingerprint density at radius 2 is 2.16 bits per heavy atom. The van der Waals surface area contributed by atoms with Crippen molar-refractivity contribution in [1.29, 1.82) is 0 Å². The zero-order valence-electron chi connectivity index (χ0n) is 10.6. The number of anilines is 2. The molecule has 6 nitrogen and oxygen atoms in total. The molecule has 1 heterocycles. The molecule has 0 aromatic heterocycles. The molecule has 1 aromatic carbocycles. The maximum atomic E-state index is 11.5. The van der Waals surface area contributed by atoms with Crippen LogP contribution in [0, 0.1) is 0 Å². The maximum absolute atomic E-state index is 11.5. The molecule has 0 spiro atoms. The summed E-state index contributed by atoms with van der Waals surface area (Å²) in [6.45, 7) is 3.00.